The maximum atomic E-state index is 14.2. The Kier molecular flexibility index (Phi) is 5.83. The molecular formula is C15H23FN2O4S. The van der Waals surface area contributed by atoms with Crippen LogP contribution in [0.1, 0.15) is 25.7 Å². The molecule has 0 unspecified atom stereocenters. The molecule has 1 aliphatic rings. The Morgan fingerprint density at radius 2 is 1.83 bits per heavy atom. The fourth-order valence-electron chi connectivity index (χ4n) is 2.95. The summed E-state index contributed by atoms with van der Waals surface area (Å²) < 4.78 is 52.0. The van der Waals surface area contributed by atoms with Crippen LogP contribution >= 0.6 is 0 Å². The van der Waals surface area contributed by atoms with E-state index in [0.29, 0.717) is 13.0 Å². The molecular weight excluding hydrogens is 323 g/mol. The number of benzene rings is 1. The smallest absolute Gasteiger partial charge is 0.243 e. The van der Waals surface area contributed by atoms with E-state index in [1.165, 1.54) is 14.2 Å². The second kappa shape index (κ2) is 7.46. The van der Waals surface area contributed by atoms with E-state index < -0.39 is 20.7 Å². The zero-order chi connectivity index (χ0) is 17.0. The summed E-state index contributed by atoms with van der Waals surface area (Å²) in [6.07, 6.45) is 3.54. The lowest BCUT2D eigenvalue weighted by atomic mass is 9.85. The molecule has 6 nitrogen and oxygen atoms in total. The molecule has 1 aromatic carbocycles. The van der Waals surface area contributed by atoms with Gasteiger partial charge in [0.05, 0.1) is 14.2 Å². The molecule has 0 saturated heterocycles. The highest BCUT2D eigenvalue weighted by molar-refractivity contribution is 7.89. The minimum absolute atomic E-state index is 0.0710. The molecule has 0 heterocycles. The SMILES string of the molecule is COc1cc(F)c(S(=O)(=O)N[C@H]2CCCC[C@@H]2CN)cc1OC. The first kappa shape index (κ1) is 18.0. The van der Waals surface area contributed by atoms with E-state index in [2.05, 4.69) is 4.72 Å². The van der Waals surface area contributed by atoms with Crippen LogP contribution in [0.5, 0.6) is 11.5 Å². The molecule has 23 heavy (non-hydrogen) atoms. The van der Waals surface area contributed by atoms with Gasteiger partial charge < -0.3 is 15.2 Å². The van der Waals surface area contributed by atoms with Gasteiger partial charge in [-0.15, -0.1) is 0 Å². The number of hydrogen-bond donors (Lipinski definition) is 2. The van der Waals surface area contributed by atoms with Crippen LogP contribution < -0.4 is 19.9 Å². The highest BCUT2D eigenvalue weighted by Crippen LogP contribution is 2.32. The Morgan fingerprint density at radius 1 is 1.22 bits per heavy atom. The average Bonchev–Trinajstić information content (AvgIpc) is 2.54. The first-order valence-electron chi connectivity index (χ1n) is 7.57. The van der Waals surface area contributed by atoms with Crippen molar-refractivity contribution in [2.45, 2.75) is 36.6 Å². The van der Waals surface area contributed by atoms with Gasteiger partial charge in [0, 0.05) is 18.2 Å². The van der Waals surface area contributed by atoms with Gasteiger partial charge in [-0.3, -0.25) is 0 Å². The molecule has 0 radical (unpaired) electrons. The molecule has 0 amide bonds. The first-order valence-corrected chi connectivity index (χ1v) is 9.05. The van der Waals surface area contributed by atoms with Gasteiger partial charge in [-0.1, -0.05) is 12.8 Å². The van der Waals surface area contributed by atoms with Crippen molar-refractivity contribution in [1.29, 1.82) is 0 Å². The van der Waals surface area contributed by atoms with E-state index in [0.717, 1.165) is 31.4 Å². The Hall–Kier alpha value is -1.38. The van der Waals surface area contributed by atoms with E-state index in [4.69, 9.17) is 15.2 Å². The first-order chi connectivity index (χ1) is 10.9. The van der Waals surface area contributed by atoms with Crippen molar-refractivity contribution in [3.63, 3.8) is 0 Å². The highest BCUT2D eigenvalue weighted by Gasteiger charge is 2.30. The largest absolute Gasteiger partial charge is 0.493 e. The summed E-state index contributed by atoms with van der Waals surface area (Å²) in [5, 5.41) is 0. The van der Waals surface area contributed by atoms with E-state index in [1.807, 2.05) is 0 Å². The summed E-state index contributed by atoms with van der Waals surface area (Å²) in [4.78, 5) is -0.448. The summed E-state index contributed by atoms with van der Waals surface area (Å²) in [5.41, 5.74) is 5.72. The van der Waals surface area contributed by atoms with Gasteiger partial charge in [0.25, 0.3) is 0 Å². The quantitative estimate of drug-likeness (QED) is 0.817. The second-order valence-corrected chi connectivity index (χ2v) is 7.33. The summed E-state index contributed by atoms with van der Waals surface area (Å²) in [6, 6.07) is 1.87. The van der Waals surface area contributed by atoms with Crippen LogP contribution in [0.2, 0.25) is 0 Å². The number of halogens is 1. The zero-order valence-electron chi connectivity index (χ0n) is 13.3. The number of sulfonamides is 1. The third-order valence-electron chi connectivity index (χ3n) is 4.25. The summed E-state index contributed by atoms with van der Waals surface area (Å²) >= 11 is 0. The molecule has 0 aromatic heterocycles. The molecule has 1 saturated carbocycles. The predicted octanol–water partition coefficient (Wildman–Crippen LogP) is 1.64. The van der Waals surface area contributed by atoms with Gasteiger partial charge in [0.1, 0.15) is 10.7 Å². The monoisotopic (exact) mass is 346 g/mol. The molecule has 8 heteroatoms. The molecule has 0 bridgehead atoms. The standard InChI is InChI=1S/C15H23FN2O4S/c1-21-13-7-11(16)15(8-14(13)22-2)23(19,20)18-12-6-4-3-5-10(12)9-17/h7-8,10,12,18H,3-6,9,17H2,1-2H3/t10-,12+/m1/s1. The third-order valence-corrected chi connectivity index (χ3v) is 5.75. The van der Waals surface area contributed by atoms with Crippen LogP contribution in [0.15, 0.2) is 17.0 Å². The molecule has 2 rings (SSSR count). The molecule has 0 aliphatic heterocycles. The second-order valence-electron chi connectivity index (χ2n) is 5.65. The number of nitrogens with two attached hydrogens (primary N) is 1. The van der Waals surface area contributed by atoms with Crippen molar-refractivity contribution >= 4 is 10.0 Å². The summed E-state index contributed by atoms with van der Waals surface area (Å²) in [7, 11) is -1.28. The Bertz CT molecular complexity index is 651. The van der Waals surface area contributed by atoms with Crippen molar-refractivity contribution in [3.05, 3.63) is 17.9 Å². The van der Waals surface area contributed by atoms with Crippen molar-refractivity contribution in [3.8, 4) is 11.5 Å². The minimum atomic E-state index is -4.01. The number of ether oxygens (including phenoxy) is 2. The fourth-order valence-corrected chi connectivity index (χ4v) is 4.36. The third kappa shape index (κ3) is 3.94. The molecule has 0 spiro atoms. The van der Waals surface area contributed by atoms with Crippen molar-refractivity contribution in [2.75, 3.05) is 20.8 Å². The molecule has 2 atom stereocenters. The van der Waals surface area contributed by atoms with Gasteiger partial charge in [-0.05, 0) is 25.3 Å². The van der Waals surface area contributed by atoms with Crippen LogP contribution in [0, 0.1) is 11.7 Å². The molecule has 1 aromatic rings. The van der Waals surface area contributed by atoms with Gasteiger partial charge in [-0.2, -0.15) is 0 Å². The van der Waals surface area contributed by atoms with Gasteiger partial charge in [-0.25, -0.2) is 17.5 Å². The zero-order valence-corrected chi connectivity index (χ0v) is 14.2. The van der Waals surface area contributed by atoms with Gasteiger partial charge in [0.15, 0.2) is 11.5 Å². The Labute approximate surface area is 136 Å². The lowest BCUT2D eigenvalue weighted by molar-refractivity contribution is 0.295. The van der Waals surface area contributed by atoms with E-state index in [1.54, 1.807) is 0 Å². The van der Waals surface area contributed by atoms with E-state index >= 15 is 0 Å². The number of methoxy groups -OCH3 is 2. The molecule has 130 valence electrons. The predicted molar refractivity (Wildman–Crippen MR) is 84.6 cm³/mol. The summed E-state index contributed by atoms with van der Waals surface area (Å²) in [6.45, 7) is 0.404. The van der Waals surface area contributed by atoms with Crippen LogP contribution in [0.4, 0.5) is 4.39 Å². The fraction of sp³-hybridized carbons (Fsp3) is 0.600. The number of rotatable bonds is 6. The molecule has 1 aliphatic carbocycles. The normalized spacial score (nSPS) is 21.9. The minimum Gasteiger partial charge on any atom is -0.493 e. The molecule has 3 N–H and O–H groups in total. The lowest BCUT2D eigenvalue weighted by Gasteiger charge is -2.31. The van der Waals surface area contributed by atoms with Crippen LogP contribution in [-0.2, 0) is 10.0 Å². The lowest BCUT2D eigenvalue weighted by Crippen LogP contribution is -2.44. The highest BCUT2D eigenvalue weighted by atomic mass is 32.2. The van der Waals surface area contributed by atoms with E-state index in [-0.39, 0.29) is 23.5 Å². The summed E-state index contributed by atoms with van der Waals surface area (Å²) in [5.74, 6) is -0.508. The van der Waals surface area contributed by atoms with Crippen LogP contribution in [-0.4, -0.2) is 35.2 Å². The van der Waals surface area contributed by atoms with Gasteiger partial charge >= 0.3 is 0 Å². The number of hydrogen-bond acceptors (Lipinski definition) is 5. The van der Waals surface area contributed by atoms with Gasteiger partial charge in [0.2, 0.25) is 10.0 Å². The van der Waals surface area contributed by atoms with Crippen LogP contribution in [0.25, 0.3) is 0 Å². The van der Waals surface area contributed by atoms with Crippen molar-refractivity contribution in [2.24, 2.45) is 11.7 Å². The number of nitrogens with one attached hydrogen (secondary N) is 1. The molecule has 1 fully saturated rings. The maximum Gasteiger partial charge on any atom is 0.243 e. The Balaban J connectivity index is 2.32. The van der Waals surface area contributed by atoms with Crippen molar-refractivity contribution < 1.29 is 22.3 Å². The maximum absolute atomic E-state index is 14.2. The van der Waals surface area contributed by atoms with Crippen LogP contribution in [0.3, 0.4) is 0 Å². The van der Waals surface area contributed by atoms with E-state index in [9.17, 15) is 12.8 Å². The topological polar surface area (TPSA) is 90.7 Å². The van der Waals surface area contributed by atoms with Crippen molar-refractivity contribution in [1.82, 2.24) is 4.72 Å². The Morgan fingerprint density at radius 3 is 2.43 bits per heavy atom. The average molecular weight is 346 g/mol.